The van der Waals surface area contributed by atoms with Crippen LogP contribution in [0, 0.1) is 17.9 Å². The Bertz CT molecular complexity index is 354. The van der Waals surface area contributed by atoms with Gasteiger partial charge < -0.3 is 0 Å². The molecule has 0 saturated heterocycles. The van der Waals surface area contributed by atoms with E-state index in [1.807, 2.05) is 0 Å². The Morgan fingerprint density at radius 1 is 1.73 bits per heavy atom. The summed E-state index contributed by atoms with van der Waals surface area (Å²) in [6, 6.07) is 1.61. The van der Waals surface area contributed by atoms with Crippen LogP contribution in [0.1, 0.15) is 31.1 Å². The molecule has 11 heavy (non-hydrogen) atoms. The summed E-state index contributed by atoms with van der Waals surface area (Å²) < 4.78 is 29.3. The van der Waals surface area contributed by atoms with Gasteiger partial charge in [0.15, 0.2) is 6.07 Å². The first kappa shape index (κ1) is 3.88. The Morgan fingerprint density at radius 3 is 2.64 bits per heavy atom. The maximum absolute atomic E-state index is 11.3. The number of carbonyl (C=O) groups excluding carboxylic acids is 1. The third-order valence-corrected chi connectivity index (χ3v) is 1.50. The second kappa shape index (κ2) is 2.72. The summed E-state index contributed by atoms with van der Waals surface area (Å²) in [6.07, 6.45) is -6.00. The molecule has 1 saturated carbocycles. The standard InChI is InChI=1S/C8H8N2O/c1-10-8(6-9)4-2-7(11)3-5-8/h2-5H2/i2D2,3D2. The van der Waals surface area contributed by atoms with Crippen molar-refractivity contribution in [3.05, 3.63) is 11.4 Å². The van der Waals surface area contributed by atoms with Gasteiger partial charge in [-0.25, -0.2) is 6.57 Å². The third kappa shape index (κ3) is 1.38. The van der Waals surface area contributed by atoms with Gasteiger partial charge in [-0.1, -0.05) is 0 Å². The Balaban J connectivity index is 3.23. The number of carbonyl (C=O) groups is 1. The third-order valence-electron chi connectivity index (χ3n) is 1.50. The fourth-order valence-electron chi connectivity index (χ4n) is 0.761. The molecule has 1 fully saturated rings. The fourth-order valence-corrected chi connectivity index (χ4v) is 0.761. The van der Waals surface area contributed by atoms with Crippen LogP contribution < -0.4 is 0 Å². The first-order valence-electron chi connectivity index (χ1n) is 5.04. The summed E-state index contributed by atoms with van der Waals surface area (Å²) in [4.78, 5) is 14.3. The maximum Gasteiger partial charge on any atom is 0.316 e. The zero-order valence-electron chi connectivity index (χ0n) is 9.72. The minimum Gasteiger partial charge on any atom is -0.300 e. The van der Waals surface area contributed by atoms with Gasteiger partial charge in [-0.3, -0.25) is 9.64 Å². The predicted molar refractivity (Wildman–Crippen MR) is 38.4 cm³/mol. The molecule has 1 aliphatic rings. The summed E-state index contributed by atoms with van der Waals surface area (Å²) in [5.41, 5.74) is -1.76. The second-order valence-electron chi connectivity index (χ2n) is 2.29. The highest BCUT2D eigenvalue weighted by molar-refractivity contribution is 5.79. The molecule has 3 heteroatoms. The average Bonchev–Trinajstić information content (AvgIpc) is 2.13. The lowest BCUT2D eigenvalue weighted by molar-refractivity contribution is -0.120. The lowest BCUT2D eigenvalue weighted by Gasteiger charge is -2.17. The lowest BCUT2D eigenvalue weighted by Crippen LogP contribution is -2.28. The molecule has 0 aliphatic heterocycles. The molecule has 0 aromatic rings. The van der Waals surface area contributed by atoms with E-state index in [1.54, 1.807) is 6.07 Å². The van der Waals surface area contributed by atoms with Crippen molar-refractivity contribution in [2.75, 3.05) is 0 Å². The number of ketones is 1. The van der Waals surface area contributed by atoms with Gasteiger partial charge in [0.2, 0.25) is 0 Å². The monoisotopic (exact) mass is 152 g/mol. The van der Waals surface area contributed by atoms with Gasteiger partial charge in [-0.15, -0.1) is 0 Å². The van der Waals surface area contributed by atoms with Crippen LogP contribution in [0.3, 0.4) is 0 Å². The molecule has 0 radical (unpaired) electrons. The van der Waals surface area contributed by atoms with E-state index in [1.165, 1.54) is 0 Å². The molecule has 1 aliphatic carbocycles. The van der Waals surface area contributed by atoms with Crippen LogP contribution in [0.4, 0.5) is 0 Å². The van der Waals surface area contributed by atoms with Gasteiger partial charge in [-0.2, -0.15) is 5.26 Å². The Hall–Kier alpha value is -1.35. The zero-order chi connectivity index (χ0) is 11.9. The number of nitrogens with zero attached hydrogens (tertiary/aromatic N) is 2. The molecule has 3 nitrogen and oxygen atoms in total. The SMILES string of the molecule is [2H]C1([2H])CC(C#N)([N+]#[C-])CC([2H])([2H])C1=O. The highest BCUT2D eigenvalue weighted by Gasteiger charge is 2.40. The molecule has 0 atom stereocenters. The van der Waals surface area contributed by atoms with Crippen LogP contribution in [0.15, 0.2) is 0 Å². The molecule has 56 valence electrons. The Labute approximate surface area is 71.1 Å². The van der Waals surface area contributed by atoms with Crippen LogP contribution in [0.5, 0.6) is 0 Å². The molecule has 0 amide bonds. The minimum absolute atomic E-state index is 0.557. The first-order valence-corrected chi connectivity index (χ1v) is 3.04. The van der Waals surface area contributed by atoms with Gasteiger partial charge >= 0.3 is 5.54 Å². The van der Waals surface area contributed by atoms with Crippen LogP contribution in [0.25, 0.3) is 4.85 Å². The van der Waals surface area contributed by atoms with Crippen molar-refractivity contribution in [2.24, 2.45) is 0 Å². The molecule has 0 spiro atoms. The highest BCUT2D eigenvalue weighted by Crippen LogP contribution is 2.29. The molecule has 0 aromatic carbocycles. The fraction of sp³-hybridized carbons (Fsp3) is 0.625. The predicted octanol–water partition coefficient (Wildman–Crippen LogP) is 1.31. The van der Waals surface area contributed by atoms with E-state index in [2.05, 4.69) is 4.85 Å². The number of Topliss-reactive ketones (excluding diaryl/α,β-unsaturated/α-hetero) is 1. The van der Waals surface area contributed by atoms with E-state index >= 15 is 0 Å². The molecule has 1 rings (SSSR count). The second-order valence-corrected chi connectivity index (χ2v) is 2.29. The molecule has 0 heterocycles. The highest BCUT2D eigenvalue weighted by atomic mass is 16.1. The quantitative estimate of drug-likeness (QED) is 0.491. The van der Waals surface area contributed by atoms with Gasteiger partial charge in [0.1, 0.15) is 5.78 Å². The summed E-state index contributed by atoms with van der Waals surface area (Å²) >= 11 is 0. The number of rotatable bonds is 0. The van der Waals surface area contributed by atoms with E-state index < -0.39 is 36.9 Å². The van der Waals surface area contributed by atoms with Crippen molar-refractivity contribution in [3.63, 3.8) is 0 Å². The van der Waals surface area contributed by atoms with E-state index in [9.17, 15) is 4.79 Å². The molecule has 0 unspecified atom stereocenters. The van der Waals surface area contributed by atoms with E-state index in [0.717, 1.165) is 0 Å². The first-order chi connectivity index (χ1) is 6.69. The molecular formula is C8H8N2O. The number of nitriles is 1. The van der Waals surface area contributed by atoms with E-state index in [0.29, 0.717) is 0 Å². The topological polar surface area (TPSA) is 45.2 Å². The van der Waals surface area contributed by atoms with Crippen LogP contribution in [-0.4, -0.2) is 11.3 Å². The Morgan fingerprint density at radius 2 is 2.27 bits per heavy atom. The number of hydrogen-bond acceptors (Lipinski definition) is 2. The molecule has 0 N–H and O–H groups in total. The minimum atomic E-state index is -2.44. The van der Waals surface area contributed by atoms with Crippen molar-refractivity contribution in [1.82, 2.24) is 0 Å². The van der Waals surface area contributed by atoms with Crippen molar-refractivity contribution >= 4 is 5.78 Å². The summed E-state index contributed by atoms with van der Waals surface area (Å²) in [5.74, 6) is -1.18. The molecule has 0 bridgehead atoms. The number of hydrogen-bond donors (Lipinski definition) is 0. The molecular weight excluding hydrogens is 140 g/mol. The van der Waals surface area contributed by atoms with Gasteiger partial charge in [0, 0.05) is 31.1 Å². The van der Waals surface area contributed by atoms with Gasteiger partial charge in [-0.05, 0) is 0 Å². The smallest absolute Gasteiger partial charge is 0.300 e. The van der Waals surface area contributed by atoms with E-state index in [4.69, 9.17) is 17.3 Å². The van der Waals surface area contributed by atoms with Gasteiger partial charge in [0.25, 0.3) is 0 Å². The van der Waals surface area contributed by atoms with Crippen molar-refractivity contribution in [1.29, 1.82) is 5.26 Å². The van der Waals surface area contributed by atoms with Crippen molar-refractivity contribution in [2.45, 2.75) is 31.1 Å². The average molecular weight is 152 g/mol. The summed E-state index contributed by atoms with van der Waals surface area (Å²) in [5, 5.41) is 8.78. The normalized spacial score (nSPS) is 36.4. The lowest BCUT2D eigenvalue weighted by atomic mass is 9.83. The Kier molecular flexibility index (Phi) is 0.957. The van der Waals surface area contributed by atoms with Crippen LogP contribution >= 0.6 is 0 Å². The van der Waals surface area contributed by atoms with Crippen LogP contribution in [0.2, 0.25) is 0 Å². The van der Waals surface area contributed by atoms with Gasteiger partial charge in [0.05, 0.1) is 0 Å². The maximum atomic E-state index is 11.3. The largest absolute Gasteiger partial charge is 0.316 e. The van der Waals surface area contributed by atoms with Crippen LogP contribution in [-0.2, 0) is 4.79 Å². The van der Waals surface area contributed by atoms with E-state index in [-0.39, 0.29) is 0 Å². The van der Waals surface area contributed by atoms with Crippen molar-refractivity contribution < 1.29 is 10.3 Å². The summed E-state index contributed by atoms with van der Waals surface area (Å²) in [7, 11) is 0. The van der Waals surface area contributed by atoms with Crippen molar-refractivity contribution in [3.8, 4) is 6.07 Å². The summed E-state index contributed by atoms with van der Waals surface area (Å²) in [6.45, 7) is 6.82. The molecule has 0 aromatic heterocycles. The zero-order valence-corrected chi connectivity index (χ0v) is 5.72.